The summed E-state index contributed by atoms with van der Waals surface area (Å²) in [4.78, 5) is 3.61. The maximum Gasteiger partial charge on any atom is 0.244 e. The molecule has 108 valence electrons. The largest absolute Gasteiger partial charge is 0.399 e. The fourth-order valence-electron chi connectivity index (χ4n) is 1.69. The van der Waals surface area contributed by atoms with Crippen LogP contribution in [0.5, 0.6) is 0 Å². The lowest BCUT2D eigenvalue weighted by atomic mass is 10.1. The molecule has 5 nitrogen and oxygen atoms in total. The molecule has 0 saturated heterocycles. The second-order valence-electron chi connectivity index (χ2n) is 4.76. The molecule has 0 amide bonds. The van der Waals surface area contributed by atoms with Gasteiger partial charge < -0.3 is 5.73 Å². The molecule has 8 heteroatoms. The van der Waals surface area contributed by atoms with Crippen LogP contribution in [0, 0.1) is 5.82 Å². The molecule has 3 N–H and O–H groups in total. The van der Waals surface area contributed by atoms with Gasteiger partial charge in [-0.3, -0.25) is 0 Å². The Labute approximate surface area is 120 Å². The summed E-state index contributed by atoms with van der Waals surface area (Å²) in [5.74, 6) is -0.846. The summed E-state index contributed by atoms with van der Waals surface area (Å²) in [5, 5.41) is 2.33. The van der Waals surface area contributed by atoms with E-state index in [9.17, 15) is 12.8 Å². The van der Waals surface area contributed by atoms with Crippen molar-refractivity contribution in [1.29, 1.82) is 0 Å². The van der Waals surface area contributed by atoms with Crippen molar-refractivity contribution >= 4 is 27.0 Å². The summed E-state index contributed by atoms with van der Waals surface area (Å²) >= 11 is 1.32. The van der Waals surface area contributed by atoms with Crippen molar-refractivity contribution in [1.82, 2.24) is 9.71 Å². The molecule has 2 aromatic rings. The van der Waals surface area contributed by atoms with Crippen molar-refractivity contribution in [2.24, 2.45) is 0 Å². The van der Waals surface area contributed by atoms with E-state index >= 15 is 0 Å². The van der Waals surface area contributed by atoms with Crippen LogP contribution in [0.2, 0.25) is 0 Å². The first-order valence-corrected chi connectivity index (χ1v) is 8.08. The number of anilines is 1. The van der Waals surface area contributed by atoms with Gasteiger partial charge in [0, 0.05) is 17.3 Å². The van der Waals surface area contributed by atoms with Crippen LogP contribution in [0.3, 0.4) is 0 Å². The fourth-order valence-corrected chi connectivity index (χ4v) is 3.97. The minimum absolute atomic E-state index is 0.179. The van der Waals surface area contributed by atoms with Gasteiger partial charge in [0.1, 0.15) is 15.7 Å². The summed E-state index contributed by atoms with van der Waals surface area (Å²) in [6.45, 7) is 3.32. The van der Waals surface area contributed by atoms with E-state index in [1.165, 1.54) is 17.4 Å². The molecular weight excluding hydrogens is 301 g/mol. The summed E-state index contributed by atoms with van der Waals surface area (Å²) in [6, 6.07) is 3.43. The highest BCUT2D eigenvalue weighted by Gasteiger charge is 2.31. The van der Waals surface area contributed by atoms with Gasteiger partial charge in [0.15, 0.2) is 0 Å². The molecule has 0 radical (unpaired) electrons. The van der Waals surface area contributed by atoms with E-state index in [1.54, 1.807) is 25.4 Å². The van der Waals surface area contributed by atoms with Crippen molar-refractivity contribution in [3.8, 4) is 0 Å². The van der Waals surface area contributed by atoms with Crippen LogP contribution >= 0.6 is 11.3 Å². The number of hydrogen-bond acceptors (Lipinski definition) is 5. The highest BCUT2D eigenvalue weighted by molar-refractivity contribution is 7.89. The molecule has 1 aromatic heterocycles. The number of halogens is 1. The molecule has 0 aliphatic carbocycles. The number of sulfonamides is 1. The molecule has 2 rings (SSSR count). The Morgan fingerprint density at radius 1 is 1.40 bits per heavy atom. The molecule has 0 saturated carbocycles. The van der Waals surface area contributed by atoms with Gasteiger partial charge in [-0.15, -0.1) is 11.3 Å². The Kier molecular flexibility index (Phi) is 3.81. The number of hydrogen-bond donors (Lipinski definition) is 2. The SMILES string of the molecule is CC(C)(NS(=O)(=O)c1cc(N)ccc1F)c1nccs1. The van der Waals surface area contributed by atoms with Crippen LogP contribution in [0.15, 0.2) is 34.7 Å². The zero-order chi connectivity index (χ0) is 15.0. The van der Waals surface area contributed by atoms with Crippen molar-refractivity contribution in [3.05, 3.63) is 40.6 Å². The lowest BCUT2D eigenvalue weighted by Crippen LogP contribution is -2.41. The summed E-state index contributed by atoms with van der Waals surface area (Å²) in [7, 11) is -4.04. The standard InChI is InChI=1S/C12H14FN3O2S2/c1-12(2,11-15-5-6-19-11)16-20(17,18)10-7-8(14)3-4-9(10)13/h3-7,16H,14H2,1-2H3. The summed E-state index contributed by atoms with van der Waals surface area (Å²) < 4.78 is 40.7. The Bertz CT molecular complexity index is 712. The highest BCUT2D eigenvalue weighted by atomic mass is 32.2. The molecule has 0 spiro atoms. The average molecular weight is 315 g/mol. The summed E-state index contributed by atoms with van der Waals surface area (Å²) in [6.07, 6.45) is 1.58. The number of benzene rings is 1. The lowest BCUT2D eigenvalue weighted by molar-refractivity contribution is 0.466. The predicted molar refractivity (Wildman–Crippen MR) is 76.3 cm³/mol. The van der Waals surface area contributed by atoms with Gasteiger partial charge in [0.05, 0.1) is 5.54 Å². The molecule has 0 aliphatic rings. The molecule has 0 fully saturated rings. The zero-order valence-corrected chi connectivity index (χ0v) is 12.6. The Balaban J connectivity index is 2.39. The first-order valence-electron chi connectivity index (χ1n) is 5.71. The number of rotatable bonds is 4. The maximum atomic E-state index is 13.7. The topological polar surface area (TPSA) is 85.1 Å². The molecule has 0 atom stereocenters. The number of nitrogen functional groups attached to an aromatic ring is 1. The number of nitrogens with two attached hydrogens (primary N) is 1. The van der Waals surface area contributed by atoms with Crippen molar-refractivity contribution in [2.45, 2.75) is 24.3 Å². The second-order valence-corrected chi connectivity index (χ2v) is 7.30. The molecule has 1 aromatic carbocycles. The van der Waals surface area contributed by atoms with Gasteiger partial charge in [-0.2, -0.15) is 4.72 Å². The van der Waals surface area contributed by atoms with Crippen molar-refractivity contribution in [2.75, 3.05) is 5.73 Å². The van der Waals surface area contributed by atoms with Crippen LogP contribution in [-0.4, -0.2) is 13.4 Å². The van der Waals surface area contributed by atoms with Crippen LogP contribution in [-0.2, 0) is 15.6 Å². The van der Waals surface area contributed by atoms with E-state index in [0.29, 0.717) is 5.01 Å². The normalized spacial score (nSPS) is 12.6. The van der Waals surface area contributed by atoms with E-state index in [0.717, 1.165) is 12.1 Å². The van der Waals surface area contributed by atoms with Crippen LogP contribution in [0.4, 0.5) is 10.1 Å². The van der Waals surface area contributed by atoms with E-state index in [-0.39, 0.29) is 5.69 Å². The zero-order valence-electron chi connectivity index (χ0n) is 10.9. The van der Waals surface area contributed by atoms with Gasteiger partial charge >= 0.3 is 0 Å². The Morgan fingerprint density at radius 3 is 2.70 bits per heavy atom. The number of thiazole rings is 1. The average Bonchev–Trinajstić information content (AvgIpc) is 2.85. The van der Waals surface area contributed by atoms with Gasteiger partial charge in [0.2, 0.25) is 10.0 Å². The minimum atomic E-state index is -4.04. The third kappa shape index (κ3) is 2.97. The number of nitrogens with zero attached hydrogens (tertiary/aromatic N) is 1. The summed E-state index contributed by atoms with van der Waals surface area (Å²) in [5.41, 5.74) is 4.75. The van der Waals surface area contributed by atoms with Gasteiger partial charge in [-0.05, 0) is 32.0 Å². The highest BCUT2D eigenvalue weighted by Crippen LogP contribution is 2.26. The van der Waals surface area contributed by atoms with E-state index in [1.807, 2.05) is 0 Å². The van der Waals surface area contributed by atoms with E-state index in [4.69, 9.17) is 5.73 Å². The van der Waals surface area contributed by atoms with Crippen molar-refractivity contribution < 1.29 is 12.8 Å². The molecule has 0 aliphatic heterocycles. The monoisotopic (exact) mass is 315 g/mol. The van der Waals surface area contributed by atoms with E-state index < -0.39 is 26.3 Å². The van der Waals surface area contributed by atoms with Crippen LogP contribution in [0.25, 0.3) is 0 Å². The third-order valence-corrected chi connectivity index (χ3v) is 5.37. The predicted octanol–water partition coefficient (Wildman–Crippen LogP) is 2.08. The Hall–Kier alpha value is -1.51. The first-order chi connectivity index (χ1) is 9.22. The van der Waals surface area contributed by atoms with Crippen LogP contribution in [0.1, 0.15) is 18.9 Å². The number of aromatic nitrogens is 1. The fraction of sp³-hybridized carbons (Fsp3) is 0.250. The quantitative estimate of drug-likeness (QED) is 0.846. The molecular formula is C12H14FN3O2S2. The smallest absolute Gasteiger partial charge is 0.244 e. The minimum Gasteiger partial charge on any atom is -0.399 e. The van der Waals surface area contributed by atoms with Crippen molar-refractivity contribution in [3.63, 3.8) is 0 Å². The molecule has 0 unspecified atom stereocenters. The lowest BCUT2D eigenvalue weighted by Gasteiger charge is -2.23. The number of nitrogens with one attached hydrogen (secondary N) is 1. The maximum absolute atomic E-state index is 13.7. The Morgan fingerprint density at radius 2 is 2.10 bits per heavy atom. The van der Waals surface area contributed by atoms with Gasteiger partial charge in [-0.25, -0.2) is 17.8 Å². The van der Waals surface area contributed by atoms with Crippen LogP contribution < -0.4 is 10.5 Å². The molecule has 0 bridgehead atoms. The van der Waals surface area contributed by atoms with Gasteiger partial charge in [-0.1, -0.05) is 0 Å². The molecule has 20 heavy (non-hydrogen) atoms. The molecule has 1 heterocycles. The van der Waals surface area contributed by atoms with E-state index in [2.05, 4.69) is 9.71 Å². The van der Waals surface area contributed by atoms with Gasteiger partial charge in [0.25, 0.3) is 0 Å². The second kappa shape index (κ2) is 5.12. The third-order valence-electron chi connectivity index (χ3n) is 2.60. The first kappa shape index (κ1) is 14.9.